The van der Waals surface area contributed by atoms with E-state index in [9.17, 15) is 36.9 Å². The Morgan fingerprint density at radius 1 is 0.472 bits per heavy atom. The Bertz CT molecular complexity index is 1550. The highest BCUT2D eigenvalue weighted by molar-refractivity contribution is 6.05. The third-order valence-electron chi connectivity index (χ3n) is 5.98. The number of benzene rings is 4. The minimum absolute atomic E-state index is 0.0397. The van der Waals surface area contributed by atoms with Gasteiger partial charge in [0.25, 0.3) is 0 Å². The van der Waals surface area contributed by atoms with E-state index in [0.717, 1.165) is 24.3 Å². The van der Waals surface area contributed by atoms with Crippen LogP contribution < -0.4 is 0 Å². The van der Waals surface area contributed by atoms with Crippen LogP contribution in [0.2, 0.25) is 0 Å². The summed E-state index contributed by atoms with van der Waals surface area (Å²) in [5.74, 6) is -8.70. The maximum Gasteiger partial charge on any atom is 0.194 e. The number of fused-ring (bicyclic) bond motifs is 3. The van der Waals surface area contributed by atoms with Crippen molar-refractivity contribution in [2.45, 2.75) is 0 Å². The average molecular weight is 488 g/mol. The van der Waals surface area contributed by atoms with Crippen molar-refractivity contribution in [3.63, 3.8) is 0 Å². The summed E-state index contributed by atoms with van der Waals surface area (Å²) in [6.45, 7) is 0. The first-order valence-corrected chi connectivity index (χ1v) is 10.4. The standard InChI is InChI=1S/C28H10F6N2/c29-22-7-15(8-23(30)27(22)33)13-1-3-18-19-4-2-14(16-9-24(31)28(34)25(32)10-16)6-21(19)26(20(18)5-13)17(11-35)12-36/h1-10H. The summed E-state index contributed by atoms with van der Waals surface area (Å²) in [5.41, 5.74) is 2.62. The number of nitrogens with zero attached hydrogens (tertiary/aromatic N) is 2. The highest BCUT2D eigenvalue weighted by Gasteiger charge is 2.28. The molecule has 0 fully saturated rings. The molecule has 8 heteroatoms. The molecule has 174 valence electrons. The van der Waals surface area contributed by atoms with Crippen molar-refractivity contribution >= 4 is 5.57 Å². The van der Waals surface area contributed by atoms with E-state index in [1.54, 1.807) is 24.3 Å². The lowest BCUT2D eigenvalue weighted by Gasteiger charge is -2.08. The average Bonchev–Trinajstić information content (AvgIpc) is 3.19. The van der Waals surface area contributed by atoms with Gasteiger partial charge in [-0.05, 0) is 80.9 Å². The summed E-state index contributed by atoms with van der Waals surface area (Å²) in [6, 6.07) is 16.4. The van der Waals surface area contributed by atoms with E-state index in [2.05, 4.69) is 0 Å². The molecule has 0 spiro atoms. The summed E-state index contributed by atoms with van der Waals surface area (Å²) in [4.78, 5) is 0. The van der Waals surface area contributed by atoms with Gasteiger partial charge in [0.1, 0.15) is 17.7 Å². The molecule has 0 atom stereocenters. The Balaban J connectivity index is 1.72. The first-order chi connectivity index (χ1) is 17.2. The minimum Gasteiger partial charge on any atom is -0.204 e. The van der Waals surface area contributed by atoms with Gasteiger partial charge in [-0.25, -0.2) is 26.3 Å². The molecule has 0 unspecified atom stereocenters. The molecule has 0 saturated carbocycles. The highest BCUT2D eigenvalue weighted by Crippen LogP contribution is 2.48. The van der Waals surface area contributed by atoms with E-state index < -0.39 is 34.9 Å². The lowest BCUT2D eigenvalue weighted by Crippen LogP contribution is -1.93. The van der Waals surface area contributed by atoms with Gasteiger partial charge in [0.05, 0.1) is 0 Å². The molecule has 4 aromatic rings. The fourth-order valence-corrected chi connectivity index (χ4v) is 4.33. The van der Waals surface area contributed by atoms with Crippen molar-refractivity contribution in [2.75, 3.05) is 0 Å². The second kappa shape index (κ2) is 8.44. The molecule has 0 bridgehead atoms. The monoisotopic (exact) mass is 488 g/mol. The zero-order valence-corrected chi connectivity index (χ0v) is 17.9. The molecule has 0 N–H and O–H groups in total. The van der Waals surface area contributed by atoms with Gasteiger partial charge in [0, 0.05) is 5.57 Å². The molecule has 1 aliphatic carbocycles. The molecule has 4 aromatic carbocycles. The number of hydrogen-bond donors (Lipinski definition) is 0. The zero-order chi connectivity index (χ0) is 25.7. The van der Waals surface area contributed by atoms with Gasteiger partial charge in [-0.15, -0.1) is 0 Å². The van der Waals surface area contributed by atoms with Crippen molar-refractivity contribution in [3.05, 3.63) is 112 Å². The van der Waals surface area contributed by atoms with Crippen molar-refractivity contribution in [1.29, 1.82) is 10.5 Å². The minimum atomic E-state index is -1.61. The van der Waals surface area contributed by atoms with E-state index in [1.807, 2.05) is 12.1 Å². The normalized spacial score (nSPS) is 11.5. The fourth-order valence-electron chi connectivity index (χ4n) is 4.33. The topological polar surface area (TPSA) is 47.6 Å². The van der Waals surface area contributed by atoms with Crippen LogP contribution >= 0.6 is 0 Å². The largest absolute Gasteiger partial charge is 0.204 e. The maximum absolute atomic E-state index is 13.8. The lowest BCUT2D eigenvalue weighted by atomic mass is 9.94. The van der Waals surface area contributed by atoms with Crippen molar-refractivity contribution in [3.8, 4) is 45.5 Å². The molecule has 2 nitrogen and oxygen atoms in total. The van der Waals surface area contributed by atoms with Gasteiger partial charge < -0.3 is 0 Å². The first-order valence-electron chi connectivity index (χ1n) is 10.4. The smallest absolute Gasteiger partial charge is 0.194 e. The van der Waals surface area contributed by atoms with Crippen LogP contribution in [0.25, 0.3) is 39.0 Å². The molecule has 0 aromatic heterocycles. The van der Waals surface area contributed by atoms with Gasteiger partial charge in [0.2, 0.25) is 0 Å². The summed E-state index contributed by atoms with van der Waals surface area (Å²) >= 11 is 0. The van der Waals surface area contributed by atoms with E-state index in [1.165, 1.54) is 12.1 Å². The van der Waals surface area contributed by atoms with Gasteiger partial charge in [-0.2, -0.15) is 10.5 Å². The van der Waals surface area contributed by atoms with Crippen LogP contribution in [0.4, 0.5) is 26.3 Å². The van der Waals surface area contributed by atoms with Crippen LogP contribution in [0.1, 0.15) is 11.1 Å². The number of allylic oxidation sites excluding steroid dienone is 1. The Labute approximate surface area is 200 Å². The van der Waals surface area contributed by atoms with Crippen LogP contribution in [0.3, 0.4) is 0 Å². The van der Waals surface area contributed by atoms with Gasteiger partial charge in [-0.1, -0.05) is 24.3 Å². The van der Waals surface area contributed by atoms with Crippen LogP contribution in [0, 0.1) is 57.6 Å². The number of halogens is 6. The van der Waals surface area contributed by atoms with Gasteiger partial charge in [0.15, 0.2) is 34.9 Å². The lowest BCUT2D eigenvalue weighted by molar-refractivity contribution is 0.447. The first kappa shape index (κ1) is 22.9. The van der Waals surface area contributed by atoms with Gasteiger partial charge in [-0.3, -0.25) is 0 Å². The molecule has 0 amide bonds. The van der Waals surface area contributed by atoms with E-state index >= 15 is 0 Å². The maximum atomic E-state index is 13.8. The quantitative estimate of drug-likeness (QED) is 0.145. The Morgan fingerprint density at radius 2 is 0.833 bits per heavy atom. The molecule has 0 saturated heterocycles. The van der Waals surface area contributed by atoms with Crippen molar-refractivity contribution in [1.82, 2.24) is 0 Å². The molecule has 0 radical (unpaired) electrons. The Morgan fingerprint density at radius 3 is 1.17 bits per heavy atom. The summed E-state index contributed by atoms with van der Waals surface area (Å²) in [7, 11) is 0. The summed E-state index contributed by atoms with van der Waals surface area (Å²) in [6.07, 6.45) is 0. The van der Waals surface area contributed by atoms with Crippen LogP contribution in [0.15, 0.2) is 66.2 Å². The highest BCUT2D eigenvalue weighted by atomic mass is 19.2. The van der Waals surface area contributed by atoms with Gasteiger partial charge >= 0.3 is 0 Å². The number of hydrogen-bond acceptors (Lipinski definition) is 2. The van der Waals surface area contributed by atoms with E-state index in [-0.39, 0.29) is 22.3 Å². The zero-order valence-electron chi connectivity index (χ0n) is 17.9. The number of rotatable bonds is 2. The third kappa shape index (κ3) is 3.52. The molecule has 1 aliphatic rings. The Hall–Kier alpha value is -4.82. The van der Waals surface area contributed by atoms with Crippen molar-refractivity contribution in [2.24, 2.45) is 0 Å². The SMILES string of the molecule is N#CC(C#N)=C1c2cc(-c3cc(F)c(F)c(F)c3)ccc2-c2ccc(-c3cc(F)c(F)c(F)c3)cc21. The van der Waals surface area contributed by atoms with Crippen LogP contribution in [0.5, 0.6) is 0 Å². The predicted octanol–water partition coefficient (Wildman–Crippen LogP) is 7.68. The van der Waals surface area contributed by atoms with Crippen molar-refractivity contribution < 1.29 is 26.3 Å². The Kier molecular flexibility index (Phi) is 5.38. The molecule has 0 aliphatic heterocycles. The number of nitriles is 2. The predicted molar refractivity (Wildman–Crippen MR) is 120 cm³/mol. The summed E-state index contributed by atoms with van der Waals surface area (Å²) in [5, 5.41) is 19.2. The van der Waals surface area contributed by atoms with E-state index in [0.29, 0.717) is 33.4 Å². The molecular formula is C28H10F6N2. The molecule has 5 rings (SSSR count). The van der Waals surface area contributed by atoms with E-state index in [4.69, 9.17) is 0 Å². The van der Waals surface area contributed by atoms with Crippen LogP contribution in [-0.4, -0.2) is 0 Å². The molecular weight excluding hydrogens is 478 g/mol. The fraction of sp³-hybridized carbons (Fsp3) is 0. The second-order valence-electron chi connectivity index (χ2n) is 8.00. The van der Waals surface area contributed by atoms with Crippen LogP contribution in [-0.2, 0) is 0 Å². The third-order valence-corrected chi connectivity index (χ3v) is 5.98. The summed E-state index contributed by atoms with van der Waals surface area (Å²) < 4.78 is 82.2. The molecule has 36 heavy (non-hydrogen) atoms. The molecule has 0 heterocycles. The second-order valence-corrected chi connectivity index (χ2v) is 8.00.